The minimum atomic E-state index is -1.03. The minimum absolute atomic E-state index is 0.189. The Labute approximate surface area is 157 Å². The summed E-state index contributed by atoms with van der Waals surface area (Å²) in [4.78, 5) is 24.1. The molecule has 2 aromatic rings. The van der Waals surface area contributed by atoms with E-state index in [4.69, 9.17) is 21.1 Å². The Morgan fingerprint density at radius 1 is 1.19 bits per heavy atom. The van der Waals surface area contributed by atoms with Crippen LogP contribution in [0.25, 0.3) is 0 Å². The molecule has 1 aliphatic carbocycles. The normalized spacial score (nSPS) is 16.2. The number of rotatable bonds is 5. The number of hydrogen-bond donors (Lipinski definition) is 2. The molecule has 26 heavy (non-hydrogen) atoms. The van der Waals surface area contributed by atoms with Gasteiger partial charge in [0, 0.05) is 10.6 Å². The maximum absolute atomic E-state index is 13.1. The number of halogens is 1. The molecule has 1 aromatic heterocycles. The second-order valence-electron chi connectivity index (χ2n) is 6.89. The first-order chi connectivity index (χ1) is 12.4. The van der Waals surface area contributed by atoms with Crippen molar-refractivity contribution in [3.63, 3.8) is 0 Å². The Morgan fingerprint density at radius 2 is 1.85 bits per heavy atom. The van der Waals surface area contributed by atoms with Gasteiger partial charge < -0.3 is 14.8 Å². The van der Waals surface area contributed by atoms with Gasteiger partial charge in [-0.25, -0.2) is 0 Å². The van der Waals surface area contributed by atoms with Crippen molar-refractivity contribution < 1.29 is 19.1 Å². The first-order valence-electron chi connectivity index (χ1n) is 8.78. The smallest absolute Gasteiger partial charge is 0.311 e. The third kappa shape index (κ3) is 3.78. The maximum Gasteiger partial charge on any atom is 0.311 e. The summed E-state index contributed by atoms with van der Waals surface area (Å²) >= 11 is 6.02. The molecule has 5 nitrogen and oxygen atoms in total. The molecular weight excluding hydrogens is 354 g/mol. The van der Waals surface area contributed by atoms with Crippen molar-refractivity contribution in [2.45, 2.75) is 51.0 Å². The van der Waals surface area contributed by atoms with Crippen LogP contribution < -0.4 is 5.32 Å². The molecule has 138 valence electrons. The van der Waals surface area contributed by atoms with Crippen molar-refractivity contribution >= 4 is 23.5 Å². The molecule has 0 spiro atoms. The lowest BCUT2D eigenvalue weighted by Crippen LogP contribution is -2.47. The van der Waals surface area contributed by atoms with Crippen LogP contribution in [0.15, 0.2) is 34.9 Å². The van der Waals surface area contributed by atoms with E-state index >= 15 is 0 Å². The molecule has 0 aliphatic heterocycles. The number of aliphatic carboxylic acids is 1. The van der Waals surface area contributed by atoms with Crippen molar-refractivity contribution in [2.24, 2.45) is 0 Å². The predicted molar refractivity (Wildman–Crippen MR) is 98.5 cm³/mol. The van der Waals surface area contributed by atoms with Gasteiger partial charge in [-0.15, -0.1) is 0 Å². The van der Waals surface area contributed by atoms with Crippen LogP contribution in [0.1, 0.15) is 59.3 Å². The summed E-state index contributed by atoms with van der Waals surface area (Å²) < 4.78 is 5.31. The van der Waals surface area contributed by atoms with E-state index in [1.54, 1.807) is 6.92 Å². The van der Waals surface area contributed by atoms with E-state index in [-0.39, 0.29) is 18.1 Å². The van der Waals surface area contributed by atoms with Gasteiger partial charge in [0.05, 0.1) is 17.4 Å². The van der Waals surface area contributed by atoms with Crippen LogP contribution in [-0.4, -0.2) is 17.0 Å². The Morgan fingerprint density at radius 3 is 2.46 bits per heavy atom. The highest BCUT2D eigenvalue weighted by Gasteiger charge is 2.36. The zero-order valence-electron chi connectivity index (χ0n) is 14.7. The molecule has 3 rings (SSSR count). The number of nitrogens with one attached hydrogen (secondary N) is 1. The number of benzene rings is 1. The lowest BCUT2D eigenvalue weighted by molar-refractivity contribution is -0.136. The molecule has 1 saturated carbocycles. The lowest BCUT2D eigenvalue weighted by Gasteiger charge is -2.39. The molecule has 2 N–H and O–H groups in total. The van der Waals surface area contributed by atoms with Crippen LogP contribution in [0.4, 0.5) is 0 Å². The summed E-state index contributed by atoms with van der Waals surface area (Å²) in [6.45, 7) is 1.75. The third-order valence-corrected chi connectivity index (χ3v) is 5.30. The van der Waals surface area contributed by atoms with E-state index in [0.29, 0.717) is 16.1 Å². The van der Waals surface area contributed by atoms with Crippen molar-refractivity contribution in [1.29, 1.82) is 0 Å². The quantitative estimate of drug-likeness (QED) is 0.808. The Hall–Kier alpha value is -2.27. The summed E-state index contributed by atoms with van der Waals surface area (Å²) in [6.07, 6.45) is 5.98. The van der Waals surface area contributed by atoms with Gasteiger partial charge >= 0.3 is 5.97 Å². The summed E-state index contributed by atoms with van der Waals surface area (Å²) in [5.74, 6) is -1.13. The fourth-order valence-corrected chi connectivity index (χ4v) is 3.89. The summed E-state index contributed by atoms with van der Waals surface area (Å²) in [7, 11) is 0. The van der Waals surface area contributed by atoms with E-state index in [2.05, 4.69) is 5.32 Å². The number of aryl methyl sites for hydroxylation is 1. The average molecular weight is 376 g/mol. The molecule has 0 saturated heterocycles. The van der Waals surface area contributed by atoms with Gasteiger partial charge in [0.15, 0.2) is 0 Å². The molecule has 1 aliphatic rings. The highest BCUT2D eigenvalue weighted by atomic mass is 35.5. The molecule has 1 fully saturated rings. The molecule has 1 aromatic carbocycles. The van der Waals surface area contributed by atoms with Gasteiger partial charge in [-0.3, -0.25) is 9.59 Å². The van der Waals surface area contributed by atoms with E-state index in [1.807, 2.05) is 24.3 Å². The van der Waals surface area contributed by atoms with Crippen LogP contribution in [0, 0.1) is 6.92 Å². The number of amides is 1. The second kappa shape index (κ2) is 7.54. The molecule has 0 unspecified atom stereocenters. The number of carboxylic acid groups (broad SMARTS) is 1. The fourth-order valence-electron chi connectivity index (χ4n) is 3.76. The van der Waals surface area contributed by atoms with E-state index in [1.165, 1.54) is 6.26 Å². The van der Waals surface area contributed by atoms with Gasteiger partial charge in [-0.1, -0.05) is 43.0 Å². The Balaban J connectivity index is 1.93. The number of furan rings is 1. The van der Waals surface area contributed by atoms with Gasteiger partial charge in [-0.05, 0) is 37.5 Å². The van der Waals surface area contributed by atoms with Crippen LogP contribution in [0.2, 0.25) is 5.02 Å². The van der Waals surface area contributed by atoms with Crippen molar-refractivity contribution in [2.75, 3.05) is 0 Å². The summed E-state index contributed by atoms with van der Waals surface area (Å²) in [5, 5.41) is 12.9. The van der Waals surface area contributed by atoms with Crippen molar-refractivity contribution in [3.05, 3.63) is 58.0 Å². The van der Waals surface area contributed by atoms with Crippen LogP contribution >= 0.6 is 11.6 Å². The standard InChI is InChI=1S/C20H22ClNO4/c1-13-12-26-16(11-17(23)24)18(13)19(25)22-20(9-3-2-4-10-20)14-5-7-15(21)8-6-14/h5-8,12H,2-4,9-11H2,1H3,(H,22,25)(H,23,24). The first-order valence-corrected chi connectivity index (χ1v) is 9.16. The third-order valence-electron chi connectivity index (χ3n) is 5.05. The maximum atomic E-state index is 13.1. The molecule has 0 radical (unpaired) electrons. The summed E-state index contributed by atoms with van der Waals surface area (Å²) in [5.41, 5.74) is 1.52. The largest absolute Gasteiger partial charge is 0.481 e. The minimum Gasteiger partial charge on any atom is -0.481 e. The fraction of sp³-hybridized carbons (Fsp3) is 0.400. The van der Waals surface area contributed by atoms with Crippen LogP contribution in [0.3, 0.4) is 0 Å². The molecule has 1 heterocycles. The Bertz CT molecular complexity index is 804. The molecule has 6 heteroatoms. The summed E-state index contributed by atoms with van der Waals surface area (Å²) in [6, 6.07) is 7.57. The number of carbonyl (C=O) groups is 2. The number of hydrogen-bond acceptors (Lipinski definition) is 3. The highest BCUT2D eigenvalue weighted by molar-refractivity contribution is 6.30. The molecule has 0 bridgehead atoms. The molecule has 0 atom stereocenters. The van der Waals surface area contributed by atoms with Crippen molar-refractivity contribution in [3.8, 4) is 0 Å². The van der Waals surface area contributed by atoms with E-state index in [0.717, 1.165) is 37.7 Å². The monoisotopic (exact) mass is 375 g/mol. The van der Waals surface area contributed by atoms with Gasteiger partial charge in [0.25, 0.3) is 5.91 Å². The highest BCUT2D eigenvalue weighted by Crippen LogP contribution is 2.38. The zero-order chi connectivity index (χ0) is 18.7. The van der Waals surface area contributed by atoms with Gasteiger partial charge in [0.1, 0.15) is 12.2 Å². The second-order valence-corrected chi connectivity index (χ2v) is 7.33. The molecule has 1 amide bonds. The van der Waals surface area contributed by atoms with E-state index < -0.39 is 11.5 Å². The van der Waals surface area contributed by atoms with Gasteiger partial charge in [-0.2, -0.15) is 0 Å². The Kier molecular flexibility index (Phi) is 5.37. The topological polar surface area (TPSA) is 79.5 Å². The zero-order valence-corrected chi connectivity index (χ0v) is 15.4. The van der Waals surface area contributed by atoms with Crippen LogP contribution in [-0.2, 0) is 16.8 Å². The predicted octanol–water partition coefficient (Wildman–Crippen LogP) is 4.46. The van der Waals surface area contributed by atoms with E-state index in [9.17, 15) is 9.59 Å². The van der Waals surface area contributed by atoms with Crippen molar-refractivity contribution in [1.82, 2.24) is 5.32 Å². The SMILES string of the molecule is Cc1coc(CC(=O)O)c1C(=O)NC1(c2ccc(Cl)cc2)CCCCC1. The average Bonchev–Trinajstić information content (AvgIpc) is 2.96. The number of carbonyl (C=O) groups excluding carboxylic acids is 1. The lowest BCUT2D eigenvalue weighted by atomic mass is 9.76. The van der Waals surface area contributed by atoms with Crippen LogP contribution in [0.5, 0.6) is 0 Å². The number of carboxylic acids is 1. The van der Waals surface area contributed by atoms with Gasteiger partial charge in [0.2, 0.25) is 0 Å². The first kappa shape index (κ1) is 18.5. The molecular formula is C20H22ClNO4.